The van der Waals surface area contributed by atoms with Crippen LogP contribution in [0.2, 0.25) is 0 Å². The Hall–Kier alpha value is -2.89. The van der Waals surface area contributed by atoms with Crippen molar-refractivity contribution in [2.24, 2.45) is 0 Å². The van der Waals surface area contributed by atoms with Crippen molar-refractivity contribution in [3.8, 4) is 0 Å². The van der Waals surface area contributed by atoms with Crippen LogP contribution in [0.15, 0.2) is 29.4 Å². The highest BCUT2D eigenvalue weighted by atomic mass is 32.2. The molecule has 1 aromatic carbocycles. The number of carbonyl (C=O) groups is 3. The summed E-state index contributed by atoms with van der Waals surface area (Å²) >= 11 is 2.34. The molecular weight excluding hydrogens is 464 g/mol. The average molecular weight is 491 g/mol. The highest BCUT2D eigenvalue weighted by Gasteiger charge is 2.26. The van der Waals surface area contributed by atoms with E-state index in [-0.39, 0.29) is 29.7 Å². The third kappa shape index (κ3) is 5.55. The van der Waals surface area contributed by atoms with Crippen molar-refractivity contribution in [1.29, 1.82) is 0 Å². The molecule has 0 bridgehead atoms. The number of anilines is 1. The first-order valence-electron chi connectivity index (χ1n) is 10.3. The van der Waals surface area contributed by atoms with Crippen molar-refractivity contribution in [3.05, 3.63) is 40.3 Å². The number of para-hydroxylation sites is 2. The van der Waals surface area contributed by atoms with Gasteiger partial charge in [-0.05, 0) is 31.5 Å². The Bertz CT molecular complexity index is 1170. The zero-order valence-corrected chi connectivity index (χ0v) is 20.5. The van der Waals surface area contributed by atoms with E-state index in [1.54, 1.807) is 21.0 Å². The lowest BCUT2D eigenvalue weighted by Crippen LogP contribution is -2.18. The fraction of sp³-hybridized carbons (Fsp3) is 0.364. The Balaban J connectivity index is 1.80. The number of thioether (sulfide) groups is 1. The second kappa shape index (κ2) is 11.3. The summed E-state index contributed by atoms with van der Waals surface area (Å²) in [5, 5.41) is 6.31. The van der Waals surface area contributed by atoms with Crippen molar-refractivity contribution in [2.75, 3.05) is 38.4 Å². The van der Waals surface area contributed by atoms with Gasteiger partial charge in [0.2, 0.25) is 5.91 Å². The summed E-state index contributed by atoms with van der Waals surface area (Å²) < 4.78 is 12.4. The number of aromatic nitrogens is 2. The maximum Gasteiger partial charge on any atom is 0.341 e. The summed E-state index contributed by atoms with van der Waals surface area (Å²) in [6.07, 6.45) is 0. The second-order valence-electron chi connectivity index (χ2n) is 6.92. The summed E-state index contributed by atoms with van der Waals surface area (Å²) in [4.78, 5) is 42.4. The molecule has 0 fully saturated rings. The van der Waals surface area contributed by atoms with Gasteiger partial charge in [-0.1, -0.05) is 23.9 Å². The molecule has 0 aliphatic carbocycles. The van der Waals surface area contributed by atoms with Gasteiger partial charge in [0, 0.05) is 20.7 Å². The van der Waals surface area contributed by atoms with Crippen LogP contribution in [0, 0.1) is 6.92 Å². The van der Waals surface area contributed by atoms with Crippen LogP contribution in [0.4, 0.5) is 5.00 Å². The molecule has 33 heavy (non-hydrogen) atoms. The fourth-order valence-corrected chi connectivity index (χ4v) is 5.23. The zero-order valence-electron chi connectivity index (χ0n) is 18.9. The van der Waals surface area contributed by atoms with Crippen molar-refractivity contribution in [2.45, 2.75) is 25.5 Å². The minimum Gasteiger partial charge on any atom is -0.462 e. The predicted octanol–water partition coefficient (Wildman–Crippen LogP) is 3.32. The van der Waals surface area contributed by atoms with Crippen LogP contribution in [-0.2, 0) is 20.8 Å². The normalized spacial score (nSPS) is 10.9. The second-order valence-corrected chi connectivity index (χ2v) is 8.89. The third-order valence-corrected chi connectivity index (χ3v) is 6.97. The van der Waals surface area contributed by atoms with Gasteiger partial charge in [-0.15, -0.1) is 11.3 Å². The Labute approximate surface area is 199 Å². The first-order valence-corrected chi connectivity index (χ1v) is 12.1. The maximum atomic E-state index is 12.8. The molecule has 0 unspecified atom stereocenters. The summed E-state index contributed by atoms with van der Waals surface area (Å²) in [6, 6.07) is 7.75. The van der Waals surface area contributed by atoms with Crippen molar-refractivity contribution >= 4 is 56.9 Å². The lowest BCUT2D eigenvalue weighted by atomic mass is 10.1. The van der Waals surface area contributed by atoms with Crippen LogP contribution < -0.4 is 10.6 Å². The number of benzene rings is 1. The van der Waals surface area contributed by atoms with Crippen molar-refractivity contribution in [1.82, 2.24) is 14.9 Å². The summed E-state index contributed by atoms with van der Waals surface area (Å²) in [5.74, 6) is -1.15. The number of carbonyl (C=O) groups excluding carboxylic acids is 3. The minimum atomic E-state index is -0.578. The van der Waals surface area contributed by atoms with E-state index in [0.717, 1.165) is 22.4 Å². The van der Waals surface area contributed by atoms with E-state index in [2.05, 4.69) is 15.6 Å². The van der Waals surface area contributed by atoms with Crippen LogP contribution in [0.5, 0.6) is 0 Å². The largest absolute Gasteiger partial charge is 0.462 e. The van der Waals surface area contributed by atoms with Gasteiger partial charge in [0.25, 0.3) is 5.91 Å². The number of esters is 1. The zero-order chi connectivity index (χ0) is 24.0. The van der Waals surface area contributed by atoms with E-state index in [0.29, 0.717) is 33.7 Å². The van der Waals surface area contributed by atoms with Gasteiger partial charge in [-0.3, -0.25) is 9.59 Å². The Morgan fingerprint density at radius 3 is 2.70 bits per heavy atom. The number of amides is 2. The minimum absolute atomic E-state index is 0.0742. The van der Waals surface area contributed by atoms with Crippen molar-refractivity contribution in [3.63, 3.8) is 0 Å². The van der Waals surface area contributed by atoms with Gasteiger partial charge >= 0.3 is 5.97 Å². The molecule has 3 aromatic rings. The number of ether oxygens (including phenoxy) is 2. The molecule has 2 heterocycles. The monoisotopic (exact) mass is 490 g/mol. The number of methoxy groups -OCH3 is 1. The number of thiophene rings is 1. The molecule has 0 saturated heterocycles. The van der Waals surface area contributed by atoms with Crippen LogP contribution >= 0.6 is 23.1 Å². The molecule has 0 radical (unpaired) electrons. The summed E-state index contributed by atoms with van der Waals surface area (Å²) in [5.41, 5.74) is 2.48. The van der Waals surface area contributed by atoms with E-state index in [1.165, 1.54) is 18.8 Å². The third-order valence-electron chi connectivity index (χ3n) is 4.78. The number of rotatable bonds is 10. The SMILES string of the molecule is CCOC(=O)c1c(NC(=O)CSc2nc3ccccc3n2CCOC)sc(C(=O)NC)c1C. The molecule has 0 spiro atoms. The first-order chi connectivity index (χ1) is 15.9. The van der Waals surface area contributed by atoms with E-state index in [9.17, 15) is 14.4 Å². The lowest BCUT2D eigenvalue weighted by molar-refractivity contribution is -0.113. The average Bonchev–Trinajstić information content (AvgIpc) is 3.32. The van der Waals surface area contributed by atoms with Crippen molar-refractivity contribution < 1.29 is 23.9 Å². The maximum absolute atomic E-state index is 12.8. The summed E-state index contributed by atoms with van der Waals surface area (Å²) in [7, 11) is 3.15. The van der Waals surface area contributed by atoms with E-state index < -0.39 is 5.97 Å². The molecule has 2 aromatic heterocycles. The highest BCUT2D eigenvalue weighted by Crippen LogP contribution is 2.34. The van der Waals surface area contributed by atoms with E-state index in [1.807, 2.05) is 28.8 Å². The van der Waals surface area contributed by atoms with Gasteiger partial charge in [0.05, 0.1) is 40.4 Å². The number of nitrogens with zero attached hydrogens (tertiary/aromatic N) is 2. The number of hydrogen-bond donors (Lipinski definition) is 2. The van der Waals surface area contributed by atoms with Gasteiger partial charge in [-0.2, -0.15) is 0 Å². The number of hydrogen-bond acceptors (Lipinski definition) is 8. The fourth-order valence-electron chi connectivity index (χ4n) is 3.24. The highest BCUT2D eigenvalue weighted by molar-refractivity contribution is 7.99. The molecule has 11 heteroatoms. The van der Waals surface area contributed by atoms with Crippen LogP contribution in [0.3, 0.4) is 0 Å². The van der Waals surface area contributed by atoms with E-state index >= 15 is 0 Å². The van der Waals surface area contributed by atoms with Gasteiger partial charge in [0.1, 0.15) is 5.00 Å². The Morgan fingerprint density at radius 1 is 1.24 bits per heavy atom. The molecule has 9 nitrogen and oxygen atoms in total. The van der Waals surface area contributed by atoms with Crippen LogP contribution in [0.1, 0.15) is 32.5 Å². The topological polar surface area (TPSA) is 112 Å². The summed E-state index contributed by atoms with van der Waals surface area (Å²) in [6.45, 7) is 4.66. The molecule has 176 valence electrons. The van der Waals surface area contributed by atoms with Gasteiger partial charge in [0.15, 0.2) is 5.16 Å². The van der Waals surface area contributed by atoms with Crippen LogP contribution in [-0.4, -0.2) is 60.5 Å². The first kappa shape index (κ1) is 24.7. The molecule has 3 rings (SSSR count). The Kier molecular flexibility index (Phi) is 8.48. The van der Waals surface area contributed by atoms with E-state index in [4.69, 9.17) is 9.47 Å². The number of fused-ring (bicyclic) bond motifs is 1. The Morgan fingerprint density at radius 2 is 2.00 bits per heavy atom. The molecular formula is C22H26N4O5S2. The lowest BCUT2D eigenvalue weighted by Gasteiger charge is -2.09. The number of nitrogens with one attached hydrogen (secondary N) is 2. The van der Waals surface area contributed by atoms with Gasteiger partial charge < -0.3 is 24.7 Å². The smallest absolute Gasteiger partial charge is 0.341 e. The molecule has 0 atom stereocenters. The standard InChI is InChI=1S/C22H26N4O5S2/c1-5-31-21(29)17-13(2)18(19(28)23-3)33-20(17)25-16(27)12-32-22-24-14-8-6-7-9-15(14)26(22)10-11-30-4/h6-9H,5,10-12H2,1-4H3,(H,23,28)(H,25,27). The number of imidazole rings is 1. The molecule has 0 aliphatic heterocycles. The molecule has 0 saturated carbocycles. The molecule has 2 N–H and O–H groups in total. The quantitative estimate of drug-likeness (QED) is 0.331. The van der Waals surface area contributed by atoms with Gasteiger partial charge in [-0.25, -0.2) is 9.78 Å². The molecule has 0 aliphatic rings. The van der Waals surface area contributed by atoms with Crippen LogP contribution in [0.25, 0.3) is 11.0 Å². The molecule has 2 amide bonds. The predicted molar refractivity (Wildman–Crippen MR) is 129 cm³/mol.